The summed E-state index contributed by atoms with van der Waals surface area (Å²) < 4.78 is 36.2. The van der Waals surface area contributed by atoms with Crippen molar-refractivity contribution in [2.24, 2.45) is 0 Å². The van der Waals surface area contributed by atoms with Crippen molar-refractivity contribution in [3.05, 3.63) is 36.0 Å². The molecule has 1 aromatic carbocycles. The summed E-state index contributed by atoms with van der Waals surface area (Å²) >= 11 is 0. The Morgan fingerprint density at radius 3 is 2.56 bits per heavy atom. The van der Waals surface area contributed by atoms with Gasteiger partial charge in [-0.1, -0.05) is 19.9 Å². The molecule has 0 radical (unpaired) electrons. The van der Waals surface area contributed by atoms with Crippen molar-refractivity contribution in [3.8, 4) is 23.0 Å². The molecule has 0 saturated carbocycles. The van der Waals surface area contributed by atoms with Crippen LogP contribution in [0.15, 0.2) is 39.6 Å². The standard InChI is InChI=1S/C21H27N5O5S/c1-5-25(6-2)10-11-30-19(27)14-26-18(12-15(3)24-26)21-23-22-20(31-21)16-8-7-9-17(13-16)32(4,28)29/h7-9,12-13H,5-6,10-11,14H2,1-4H3. The summed E-state index contributed by atoms with van der Waals surface area (Å²) in [6, 6.07) is 8.00. The first-order valence-corrected chi connectivity index (χ1v) is 12.2. The van der Waals surface area contributed by atoms with E-state index < -0.39 is 15.8 Å². The van der Waals surface area contributed by atoms with Crippen molar-refractivity contribution in [2.45, 2.75) is 32.2 Å². The zero-order valence-corrected chi connectivity index (χ0v) is 19.4. The predicted molar refractivity (Wildman–Crippen MR) is 118 cm³/mol. The topological polar surface area (TPSA) is 120 Å². The van der Waals surface area contributed by atoms with Crippen LogP contribution in [0.2, 0.25) is 0 Å². The van der Waals surface area contributed by atoms with E-state index in [0.29, 0.717) is 30.1 Å². The molecule has 0 aliphatic rings. The van der Waals surface area contributed by atoms with Crippen LogP contribution < -0.4 is 0 Å². The van der Waals surface area contributed by atoms with Crippen LogP contribution in [0.4, 0.5) is 0 Å². The summed E-state index contributed by atoms with van der Waals surface area (Å²) in [4.78, 5) is 14.6. The molecule has 10 nitrogen and oxygen atoms in total. The summed E-state index contributed by atoms with van der Waals surface area (Å²) in [5.74, 6) is -0.0823. The lowest BCUT2D eigenvalue weighted by atomic mass is 10.2. The Kier molecular flexibility index (Phi) is 7.41. The van der Waals surface area contributed by atoms with Gasteiger partial charge >= 0.3 is 5.97 Å². The maximum Gasteiger partial charge on any atom is 0.327 e. The molecule has 0 saturated heterocycles. The second kappa shape index (κ2) is 10.0. The highest BCUT2D eigenvalue weighted by Gasteiger charge is 2.19. The number of likely N-dealkylation sites (N-methyl/N-ethyl adjacent to an activating group) is 1. The zero-order valence-electron chi connectivity index (χ0n) is 18.6. The minimum absolute atomic E-state index is 0.0945. The summed E-state index contributed by atoms with van der Waals surface area (Å²) in [7, 11) is -3.37. The average molecular weight is 462 g/mol. The van der Waals surface area contributed by atoms with Crippen LogP contribution in [-0.2, 0) is 25.9 Å². The highest BCUT2D eigenvalue weighted by molar-refractivity contribution is 7.90. The third-order valence-corrected chi connectivity index (χ3v) is 6.01. The summed E-state index contributed by atoms with van der Waals surface area (Å²) in [6.45, 7) is 8.56. The van der Waals surface area contributed by atoms with Gasteiger partial charge in [-0.3, -0.25) is 4.79 Å². The van der Waals surface area contributed by atoms with Crippen LogP contribution in [-0.4, -0.2) is 71.8 Å². The number of esters is 1. The molecular weight excluding hydrogens is 434 g/mol. The smallest absolute Gasteiger partial charge is 0.327 e. The van der Waals surface area contributed by atoms with E-state index in [-0.39, 0.29) is 23.2 Å². The van der Waals surface area contributed by atoms with Crippen LogP contribution in [0, 0.1) is 6.92 Å². The molecule has 0 aliphatic carbocycles. The maximum atomic E-state index is 12.3. The molecule has 2 aromatic heterocycles. The minimum Gasteiger partial charge on any atom is -0.463 e. The van der Waals surface area contributed by atoms with Gasteiger partial charge in [-0.2, -0.15) is 5.10 Å². The fourth-order valence-electron chi connectivity index (χ4n) is 3.14. The van der Waals surface area contributed by atoms with Crippen molar-refractivity contribution in [1.82, 2.24) is 24.9 Å². The van der Waals surface area contributed by atoms with Crippen LogP contribution in [0.3, 0.4) is 0 Å². The van der Waals surface area contributed by atoms with E-state index in [1.54, 1.807) is 25.1 Å². The van der Waals surface area contributed by atoms with Crippen molar-refractivity contribution in [2.75, 3.05) is 32.5 Å². The lowest BCUT2D eigenvalue weighted by Crippen LogP contribution is -2.28. The molecule has 11 heteroatoms. The number of ether oxygens (including phenoxy) is 1. The Morgan fingerprint density at radius 2 is 1.88 bits per heavy atom. The number of nitrogens with zero attached hydrogens (tertiary/aromatic N) is 5. The number of carbonyl (C=O) groups excluding carboxylic acids is 1. The Bertz CT molecular complexity index is 1180. The summed E-state index contributed by atoms with van der Waals surface area (Å²) in [6.07, 6.45) is 1.13. The Labute approximate surface area is 187 Å². The van der Waals surface area contributed by atoms with Gasteiger partial charge < -0.3 is 14.1 Å². The number of hydrogen-bond acceptors (Lipinski definition) is 9. The first kappa shape index (κ1) is 23.6. The van der Waals surface area contributed by atoms with E-state index in [1.807, 2.05) is 0 Å². The first-order chi connectivity index (χ1) is 15.2. The van der Waals surface area contributed by atoms with E-state index in [2.05, 4.69) is 34.0 Å². The molecule has 32 heavy (non-hydrogen) atoms. The highest BCUT2D eigenvalue weighted by atomic mass is 32.2. The van der Waals surface area contributed by atoms with E-state index >= 15 is 0 Å². The number of benzene rings is 1. The summed E-state index contributed by atoms with van der Waals surface area (Å²) in [5, 5.41) is 12.4. The third-order valence-electron chi connectivity index (χ3n) is 4.90. The van der Waals surface area contributed by atoms with Gasteiger partial charge in [0.05, 0.1) is 10.6 Å². The third kappa shape index (κ3) is 5.80. The molecule has 0 aliphatic heterocycles. The SMILES string of the molecule is CCN(CC)CCOC(=O)Cn1nc(C)cc1-c1nnc(-c2cccc(S(C)(=O)=O)c2)o1. The van der Waals surface area contributed by atoms with Crippen LogP contribution in [0.1, 0.15) is 19.5 Å². The second-order valence-corrected chi connectivity index (χ2v) is 9.30. The normalized spacial score (nSPS) is 11.8. The second-order valence-electron chi connectivity index (χ2n) is 7.29. The van der Waals surface area contributed by atoms with E-state index in [9.17, 15) is 13.2 Å². The molecule has 0 bridgehead atoms. The Morgan fingerprint density at radius 1 is 1.16 bits per heavy atom. The summed E-state index contributed by atoms with van der Waals surface area (Å²) in [5.41, 5.74) is 1.63. The van der Waals surface area contributed by atoms with Gasteiger partial charge in [0.15, 0.2) is 9.84 Å². The van der Waals surface area contributed by atoms with Crippen molar-refractivity contribution >= 4 is 15.8 Å². The van der Waals surface area contributed by atoms with Crippen molar-refractivity contribution < 1.29 is 22.4 Å². The lowest BCUT2D eigenvalue weighted by molar-refractivity contribution is -0.144. The van der Waals surface area contributed by atoms with Gasteiger partial charge in [0.1, 0.15) is 18.8 Å². The largest absolute Gasteiger partial charge is 0.463 e. The van der Waals surface area contributed by atoms with Crippen molar-refractivity contribution in [3.63, 3.8) is 0 Å². The van der Waals surface area contributed by atoms with Gasteiger partial charge in [0, 0.05) is 18.4 Å². The van der Waals surface area contributed by atoms with Gasteiger partial charge in [0.2, 0.25) is 5.89 Å². The number of carbonyl (C=O) groups is 1. The fourth-order valence-corrected chi connectivity index (χ4v) is 3.80. The molecule has 0 amide bonds. The highest BCUT2D eigenvalue weighted by Crippen LogP contribution is 2.26. The van der Waals surface area contributed by atoms with Crippen molar-refractivity contribution in [1.29, 1.82) is 0 Å². The van der Waals surface area contributed by atoms with E-state index in [4.69, 9.17) is 9.15 Å². The van der Waals surface area contributed by atoms with Gasteiger partial charge in [-0.25, -0.2) is 13.1 Å². The number of rotatable bonds is 10. The molecule has 3 aromatic rings. The molecule has 0 fully saturated rings. The quantitative estimate of drug-likeness (QED) is 0.418. The Balaban J connectivity index is 1.75. The zero-order chi connectivity index (χ0) is 23.3. The molecular formula is C21H27N5O5S. The molecule has 0 unspecified atom stereocenters. The molecule has 3 rings (SSSR count). The monoisotopic (exact) mass is 461 g/mol. The number of hydrogen-bond donors (Lipinski definition) is 0. The Hall–Kier alpha value is -3.05. The van der Waals surface area contributed by atoms with Gasteiger partial charge in [-0.15, -0.1) is 10.2 Å². The molecule has 0 atom stereocenters. The molecule has 0 N–H and O–H groups in total. The first-order valence-electron chi connectivity index (χ1n) is 10.3. The predicted octanol–water partition coefficient (Wildman–Crippen LogP) is 2.20. The number of sulfone groups is 1. The fraction of sp³-hybridized carbons (Fsp3) is 0.429. The van der Waals surface area contributed by atoms with Crippen LogP contribution in [0.25, 0.3) is 23.0 Å². The van der Waals surface area contributed by atoms with Crippen LogP contribution in [0.5, 0.6) is 0 Å². The number of aromatic nitrogens is 4. The average Bonchev–Trinajstić information content (AvgIpc) is 3.37. The van der Waals surface area contributed by atoms with Gasteiger partial charge in [-0.05, 0) is 44.3 Å². The lowest BCUT2D eigenvalue weighted by Gasteiger charge is -2.17. The van der Waals surface area contributed by atoms with Gasteiger partial charge in [0.25, 0.3) is 5.89 Å². The molecule has 0 spiro atoms. The molecule has 2 heterocycles. The van der Waals surface area contributed by atoms with Crippen LogP contribution >= 0.6 is 0 Å². The maximum absolute atomic E-state index is 12.3. The molecule has 172 valence electrons. The minimum atomic E-state index is -3.37. The number of aryl methyl sites for hydroxylation is 1. The van der Waals surface area contributed by atoms with E-state index in [0.717, 1.165) is 19.3 Å². The van der Waals surface area contributed by atoms with E-state index in [1.165, 1.54) is 16.8 Å².